The summed E-state index contributed by atoms with van der Waals surface area (Å²) in [4.78, 5) is 23.0. The lowest BCUT2D eigenvalue weighted by atomic mass is 9.73. The minimum absolute atomic E-state index is 0.0439. The molecular formula is C19H32N2O4. The fourth-order valence-corrected chi connectivity index (χ4v) is 5.60. The van der Waals surface area contributed by atoms with E-state index in [0.717, 1.165) is 30.1 Å². The SMILES string of the molecule is CC(C)(C)OC(=O)NC(CCOC(N)=O)CC1C2CC3CC(C2)C1C3. The largest absolute Gasteiger partial charge is 0.450 e. The summed E-state index contributed by atoms with van der Waals surface area (Å²) >= 11 is 0. The zero-order valence-electron chi connectivity index (χ0n) is 15.6. The molecule has 6 nitrogen and oxygen atoms in total. The van der Waals surface area contributed by atoms with Gasteiger partial charge in [0.15, 0.2) is 0 Å². The Morgan fingerprint density at radius 3 is 2.52 bits per heavy atom. The molecule has 0 aliphatic heterocycles. The van der Waals surface area contributed by atoms with Gasteiger partial charge in [0.2, 0.25) is 0 Å². The monoisotopic (exact) mass is 352 g/mol. The van der Waals surface area contributed by atoms with Crippen molar-refractivity contribution in [3.8, 4) is 0 Å². The molecule has 4 bridgehead atoms. The maximum atomic E-state index is 12.2. The van der Waals surface area contributed by atoms with Gasteiger partial charge in [-0.3, -0.25) is 0 Å². The van der Waals surface area contributed by atoms with Crippen molar-refractivity contribution >= 4 is 12.2 Å². The number of rotatable bonds is 6. The van der Waals surface area contributed by atoms with Gasteiger partial charge in [0.05, 0.1) is 6.61 Å². The lowest BCUT2D eigenvalue weighted by molar-refractivity contribution is 0.0474. The second kappa shape index (κ2) is 7.04. The molecule has 6 unspecified atom stereocenters. The maximum Gasteiger partial charge on any atom is 0.407 e. The molecule has 25 heavy (non-hydrogen) atoms. The molecule has 4 saturated carbocycles. The van der Waals surface area contributed by atoms with E-state index in [9.17, 15) is 9.59 Å². The highest BCUT2D eigenvalue weighted by Crippen LogP contribution is 2.62. The summed E-state index contributed by atoms with van der Waals surface area (Å²) in [6.07, 6.45) is 5.84. The first-order valence-electron chi connectivity index (χ1n) is 9.63. The van der Waals surface area contributed by atoms with Crippen molar-refractivity contribution in [2.45, 2.75) is 70.9 Å². The van der Waals surface area contributed by atoms with Crippen LogP contribution in [0.25, 0.3) is 0 Å². The fourth-order valence-electron chi connectivity index (χ4n) is 5.60. The summed E-state index contributed by atoms with van der Waals surface area (Å²) in [5, 5.41) is 3.00. The topological polar surface area (TPSA) is 90.7 Å². The van der Waals surface area contributed by atoms with Gasteiger partial charge < -0.3 is 20.5 Å². The zero-order chi connectivity index (χ0) is 18.2. The highest BCUT2D eigenvalue weighted by molar-refractivity contribution is 5.68. The quantitative estimate of drug-likeness (QED) is 0.766. The Morgan fingerprint density at radius 2 is 1.88 bits per heavy atom. The molecule has 0 heterocycles. The van der Waals surface area contributed by atoms with Crippen LogP contribution in [0.2, 0.25) is 0 Å². The van der Waals surface area contributed by atoms with E-state index in [1.807, 2.05) is 20.8 Å². The Morgan fingerprint density at radius 1 is 1.16 bits per heavy atom. The molecule has 0 spiro atoms. The predicted octanol–water partition coefficient (Wildman–Crippen LogP) is 3.44. The second-order valence-electron chi connectivity index (χ2n) is 9.19. The van der Waals surface area contributed by atoms with Gasteiger partial charge in [-0.15, -0.1) is 0 Å². The first-order chi connectivity index (χ1) is 11.7. The third-order valence-electron chi connectivity index (χ3n) is 6.23. The third-order valence-corrected chi connectivity index (χ3v) is 6.23. The molecule has 4 fully saturated rings. The van der Waals surface area contributed by atoms with Crippen LogP contribution in [0.3, 0.4) is 0 Å². The van der Waals surface area contributed by atoms with Crippen LogP contribution in [0, 0.1) is 29.6 Å². The highest BCUT2D eigenvalue weighted by Gasteiger charge is 2.53. The number of carbonyl (C=O) groups is 2. The predicted molar refractivity (Wildman–Crippen MR) is 93.8 cm³/mol. The number of nitrogens with two attached hydrogens (primary N) is 1. The normalized spacial score (nSPS) is 34.0. The number of amides is 2. The van der Waals surface area contributed by atoms with Gasteiger partial charge in [-0.25, -0.2) is 9.59 Å². The maximum absolute atomic E-state index is 12.2. The van der Waals surface area contributed by atoms with Gasteiger partial charge in [0, 0.05) is 12.5 Å². The van der Waals surface area contributed by atoms with Crippen LogP contribution in [-0.4, -0.2) is 30.4 Å². The third kappa shape index (κ3) is 4.59. The summed E-state index contributed by atoms with van der Waals surface area (Å²) in [6, 6.07) is -0.0439. The van der Waals surface area contributed by atoms with Gasteiger partial charge in [0.1, 0.15) is 5.60 Å². The molecule has 6 heteroatoms. The summed E-state index contributed by atoms with van der Waals surface area (Å²) in [5.41, 5.74) is 4.53. The van der Waals surface area contributed by atoms with Crippen molar-refractivity contribution in [3.63, 3.8) is 0 Å². The first-order valence-corrected chi connectivity index (χ1v) is 9.63. The van der Waals surface area contributed by atoms with E-state index >= 15 is 0 Å². The Bertz CT molecular complexity index is 512. The van der Waals surface area contributed by atoms with E-state index in [1.165, 1.54) is 25.7 Å². The number of ether oxygens (including phenoxy) is 2. The molecule has 4 aliphatic carbocycles. The molecule has 0 saturated heterocycles. The Labute approximate surface area is 150 Å². The minimum Gasteiger partial charge on any atom is -0.450 e. The summed E-state index contributed by atoms with van der Waals surface area (Å²) in [6.45, 7) is 5.79. The Kier molecular flexibility index (Phi) is 5.16. The zero-order valence-corrected chi connectivity index (χ0v) is 15.6. The average molecular weight is 352 g/mol. The van der Waals surface area contributed by atoms with Crippen molar-refractivity contribution in [1.29, 1.82) is 0 Å². The van der Waals surface area contributed by atoms with Crippen LogP contribution in [-0.2, 0) is 9.47 Å². The standard InChI is InChI=1S/C19H32N2O4/c1-19(2,3)25-18(23)21-14(4-5-24-17(20)22)10-16-13-7-11-6-12(9-13)15(16)8-11/h11-16H,4-10H2,1-3H3,(H2,20,22)(H,21,23). The van der Waals surface area contributed by atoms with E-state index in [-0.39, 0.29) is 12.6 Å². The molecular weight excluding hydrogens is 320 g/mol. The van der Waals surface area contributed by atoms with E-state index in [2.05, 4.69) is 5.32 Å². The van der Waals surface area contributed by atoms with E-state index in [1.54, 1.807) is 0 Å². The summed E-state index contributed by atoms with van der Waals surface area (Å²) < 4.78 is 10.3. The van der Waals surface area contributed by atoms with Crippen molar-refractivity contribution in [2.24, 2.45) is 35.3 Å². The van der Waals surface area contributed by atoms with Crippen molar-refractivity contribution in [3.05, 3.63) is 0 Å². The van der Waals surface area contributed by atoms with Crippen LogP contribution in [0.15, 0.2) is 0 Å². The van der Waals surface area contributed by atoms with Crippen LogP contribution in [0.1, 0.15) is 59.3 Å². The van der Waals surface area contributed by atoms with Crippen molar-refractivity contribution < 1.29 is 19.1 Å². The molecule has 6 atom stereocenters. The number of nitrogens with one attached hydrogen (secondary N) is 1. The number of alkyl carbamates (subject to hydrolysis) is 1. The molecule has 142 valence electrons. The molecule has 2 amide bonds. The Balaban J connectivity index is 1.58. The van der Waals surface area contributed by atoms with E-state index in [0.29, 0.717) is 12.3 Å². The summed E-state index contributed by atoms with van der Waals surface area (Å²) in [5.74, 6) is 4.15. The first kappa shape index (κ1) is 18.3. The van der Waals surface area contributed by atoms with Gasteiger partial charge in [-0.05, 0) is 82.5 Å². The fraction of sp³-hybridized carbons (Fsp3) is 0.895. The van der Waals surface area contributed by atoms with Gasteiger partial charge in [-0.1, -0.05) is 0 Å². The summed E-state index contributed by atoms with van der Waals surface area (Å²) in [7, 11) is 0. The number of hydrogen-bond acceptors (Lipinski definition) is 4. The molecule has 0 radical (unpaired) electrons. The molecule has 3 N–H and O–H groups in total. The van der Waals surface area contributed by atoms with Gasteiger partial charge >= 0.3 is 12.2 Å². The average Bonchev–Trinajstić information content (AvgIpc) is 2.86. The van der Waals surface area contributed by atoms with Crippen LogP contribution in [0.4, 0.5) is 9.59 Å². The number of carbonyl (C=O) groups excluding carboxylic acids is 2. The van der Waals surface area contributed by atoms with Crippen molar-refractivity contribution in [2.75, 3.05) is 6.61 Å². The smallest absolute Gasteiger partial charge is 0.407 e. The number of primary amides is 1. The molecule has 4 aliphatic rings. The molecule has 4 rings (SSSR count). The second-order valence-corrected chi connectivity index (χ2v) is 9.19. The highest BCUT2D eigenvalue weighted by atomic mass is 16.6. The van der Waals surface area contributed by atoms with Gasteiger partial charge in [0.25, 0.3) is 0 Å². The van der Waals surface area contributed by atoms with Crippen LogP contribution in [0.5, 0.6) is 0 Å². The molecule has 0 aromatic rings. The van der Waals surface area contributed by atoms with Crippen LogP contribution < -0.4 is 11.1 Å². The molecule has 0 aromatic heterocycles. The van der Waals surface area contributed by atoms with E-state index in [4.69, 9.17) is 15.2 Å². The number of hydrogen-bond donors (Lipinski definition) is 2. The van der Waals surface area contributed by atoms with Crippen LogP contribution >= 0.6 is 0 Å². The lowest BCUT2D eigenvalue weighted by Gasteiger charge is -2.34. The molecule has 0 aromatic carbocycles. The lowest BCUT2D eigenvalue weighted by Crippen LogP contribution is -2.42. The van der Waals surface area contributed by atoms with E-state index < -0.39 is 17.8 Å². The Hall–Kier alpha value is -1.46. The minimum atomic E-state index is -0.769. The van der Waals surface area contributed by atoms with Crippen molar-refractivity contribution in [1.82, 2.24) is 5.32 Å². The van der Waals surface area contributed by atoms with Gasteiger partial charge in [-0.2, -0.15) is 0 Å².